The Kier molecular flexibility index (Phi) is 4.79. The Labute approximate surface area is 111 Å². The molecule has 3 atom stereocenters. The lowest BCUT2D eigenvalue weighted by atomic mass is 9.89. The number of thioether (sulfide) groups is 1. The molecule has 0 amide bonds. The maximum absolute atomic E-state index is 3.70. The van der Waals surface area contributed by atoms with Crippen molar-refractivity contribution in [2.75, 3.05) is 25.9 Å². The Hall–Kier alpha value is 0.270. The van der Waals surface area contributed by atoms with E-state index in [1.165, 1.54) is 51.7 Å². The molecular formula is C14H28N2S. The van der Waals surface area contributed by atoms with Gasteiger partial charge >= 0.3 is 0 Å². The Morgan fingerprint density at radius 3 is 2.82 bits per heavy atom. The van der Waals surface area contributed by atoms with E-state index in [2.05, 4.69) is 42.1 Å². The molecule has 1 N–H and O–H groups in total. The van der Waals surface area contributed by atoms with Crippen molar-refractivity contribution < 1.29 is 0 Å². The minimum atomic E-state index is 0.346. The fourth-order valence-electron chi connectivity index (χ4n) is 3.37. The van der Waals surface area contributed by atoms with Crippen molar-refractivity contribution in [3.63, 3.8) is 0 Å². The van der Waals surface area contributed by atoms with Crippen LogP contribution in [0.5, 0.6) is 0 Å². The standard InChI is InChI=1S/C14H28N2S/c1-4-14(2)11-16(10-9-15-14)12-7-5-6-8-13(12)17-3/h12-13,15H,4-11H2,1-3H3. The van der Waals surface area contributed by atoms with Gasteiger partial charge in [0.05, 0.1) is 0 Å². The van der Waals surface area contributed by atoms with Crippen LogP contribution in [-0.4, -0.2) is 47.6 Å². The van der Waals surface area contributed by atoms with Gasteiger partial charge in [-0.3, -0.25) is 4.90 Å². The molecule has 3 unspecified atom stereocenters. The highest BCUT2D eigenvalue weighted by atomic mass is 32.2. The summed E-state index contributed by atoms with van der Waals surface area (Å²) in [5, 5.41) is 4.58. The summed E-state index contributed by atoms with van der Waals surface area (Å²) >= 11 is 2.09. The van der Waals surface area contributed by atoms with Crippen molar-refractivity contribution in [1.29, 1.82) is 0 Å². The van der Waals surface area contributed by atoms with Gasteiger partial charge < -0.3 is 5.32 Å². The molecule has 0 radical (unpaired) electrons. The summed E-state index contributed by atoms with van der Waals surface area (Å²) in [4.78, 5) is 2.78. The van der Waals surface area contributed by atoms with Crippen molar-refractivity contribution in [3.05, 3.63) is 0 Å². The van der Waals surface area contributed by atoms with Crippen molar-refractivity contribution >= 4 is 11.8 Å². The molecule has 1 heterocycles. The number of rotatable bonds is 3. The molecule has 0 spiro atoms. The van der Waals surface area contributed by atoms with E-state index in [1.807, 2.05) is 0 Å². The molecule has 1 saturated heterocycles. The van der Waals surface area contributed by atoms with Gasteiger partial charge in [0, 0.05) is 36.5 Å². The third kappa shape index (κ3) is 3.18. The zero-order valence-corrected chi connectivity index (χ0v) is 12.5. The number of hydrogen-bond donors (Lipinski definition) is 1. The normalized spacial score (nSPS) is 40.4. The molecule has 17 heavy (non-hydrogen) atoms. The number of nitrogens with one attached hydrogen (secondary N) is 1. The van der Waals surface area contributed by atoms with E-state index in [4.69, 9.17) is 0 Å². The minimum absolute atomic E-state index is 0.346. The van der Waals surface area contributed by atoms with Gasteiger partial charge in [0.2, 0.25) is 0 Å². The third-order valence-electron chi connectivity index (χ3n) is 4.72. The molecular weight excluding hydrogens is 228 g/mol. The van der Waals surface area contributed by atoms with E-state index in [1.54, 1.807) is 0 Å². The van der Waals surface area contributed by atoms with Gasteiger partial charge in [0.25, 0.3) is 0 Å². The molecule has 3 heteroatoms. The van der Waals surface area contributed by atoms with Gasteiger partial charge in [-0.25, -0.2) is 0 Å². The first-order valence-corrected chi connectivity index (χ1v) is 8.49. The lowest BCUT2D eigenvalue weighted by Gasteiger charge is -2.47. The first-order valence-electron chi connectivity index (χ1n) is 7.20. The predicted molar refractivity (Wildman–Crippen MR) is 77.8 cm³/mol. The molecule has 0 aromatic heterocycles. The molecule has 2 aliphatic rings. The van der Waals surface area contributed by atoms with Crippen LogP contribution in [0.15, 0.2) is 0 Å². The minimum Gasteiger partial charge on any atom is -0.309 e. The number of piperazine rings is 1. The smallest absolute Gasteiger partial charge is 0.0278 e. The summed E-state index contributed by atoms with van der Waals surface area (Å²) in [6.07, 6.45) is 9.27. The second kappa shape index (κ2) is 5.94. The van der Waals surface area contributed by atoms with Gasteiger partial charge in [-0.1, -0.05) is 19.8 Å². The number of nitrogens with zero attached hydrogens (tertiary/aromatic N) is 1. The molecule has 2 nitrogen and oxygen atoms in total. The first-order chi connectivity index (χ1) is 8.18. The third-order valence-corrected chi connectivity index (χ3v) is 5.88. The summed E-state index contributed by atoms with van der Waals surface area (Å²) in [6, 6.07) is 0.840. The van der Waals surface area contributed by atoms with Crippen LogP contribution in [-0.2, 0) is 0 Å². The Morgan fingerprint density at radius 2 is 2.12 bits per heavy atom. The highest BCUT2D eigenvalue weighted by Crippen LogP contribution is 2.32. The summed E-state index contributed by atoms with van der Waals surface area (Å²) < 4.78 is 0. The zero-order chi connectivity index (χ0) is 12.3. The molecule has 0 aromatic carbocycles. The first kappa shape index (κ1) is 13.7. The van der Waals surface area contributed by atoms with Crippen LogP contribution in [0.2, 0.25) is 0 Å². The van der Waals surface area contributed by atoms with Crippen LogP contribution in [0.4, 0.5) is 0 Å². The van der Waals surface area contributed by atoms with Crippen LogP contribution in [0.3, 0.4) is 0 Å². The molecule has 2 fully saturated rings. The van der Waals surface area contributed by atoms with Crippen molar-refractivity contribution in [2.45, 2.75) is 62.8 Å². The van der Waals surface area contributed by atoms with Gasteiger partial charge in [0.1, 0.15) is 0 Å². The van der Waals surface area contributed by atoms with E-state index < -0.39 is 0 Å². The molecule has 1 saturated carbocycles. The topological polar surface area (TPSA) is 15.3 Å². The van der Waals surface area contributed by atoms with Crippen LogP contribution in [0.1, 0.15) is 46.0 Å². The highest BCUT2D eigenvalue weighted by molar-refractivity contribution is 7.99. The maximum atomic E-state index is 3.70. The fraction of sp³-hybridized carbons (Fsp3) is 1.00. The monoisotopic (exact) mass is 256 g/mol. The lowest BCUT2D eigenvalue weighted by Crippen LogP contribution is -2.62. The van der Waals surface area contributed by atoms with Crippen LogP contribution < -0.4 is 5.32 Å². The Morgan fingerprint density at radius 1 is 1.35 bits per heavy atom. The molecule has 0 bridgehead atoms. The average molecular weight is 256 g/mol. The summed E-state index contributed by atoms with van der Waals surface area (Å²) in [5.74, 6) is 0. The predicted octanol–water partition coefficient (Wildman–Crippen LogP) is 2.73. The van der Waals surface area contributed by atoms with Gasteiger partial charge in [-0.2, -0.15) is 11.8 Å². The van der Waals surface area contributed by atoms with E-state index in [-0.39, 0.29) is 0 Å². The fourth-order valence-corrected chi connectivity index (χ4v) is 4.40. The largest absolute Gasteiger partial charge is 0.309 e. The average Bonchev–Trinajstić information content (AvgIpc) is 2.39. The van der Waals surface area contributed by atoms with Gasteiger partial charge in [0.15, 0.2) is 0 Å². The lowest BCUT2D eigenvalue weighted by molar-refractivity contribution is 0.0821. The van der Waals surface area contributed by atoms with Crippen molar-refractivity contribution in [2.24, 2.45) is 0 Å². The van der Waals surface area contributed by atoms with E-state index in [9.17, 15) is 0 Å². The van der Waals surface area contributed by atoms with Gasteiger partial charge in [-0.15, -0.1) is 0 Å². The quantitative estimate of drug-likeness (QED) is 0.836. The highest BCUT2D eigenvalue weighted by Gasteiger charge is 2.36. The van der Waals surface area contributed by atoms with Crippen molar-refractivity contribution in [1.82, 2.24) is 10.2 Å². The Bertz CT molecular complexity index is 246. The van der Waals surface area contributed by atoms with Gasteiger partial charge in [-0.05, 0) is 32.4 Å². The number of hydrogen-bond acceptors (Lipinski definition) is 3. The molecule has 0 aromatic rings. The van der Waals surface area contributed by atoms with Crippen LogP contribution >= 0.6 is 11.8 Å². The van der Waals surface area contributed by atoms with Crippen molar-refractivity contribution in [3.8, 4) is 0 Å². The summed E-state index contributed by atoms with van der Waals surface area (Å²) in [6.45, 7) is 8.35. The second-order valence-corrected chi connectivity index (χ2v) is 7.01. The second-order valence-electron chi connectivity index (χ2n) is 5.94. The van der Waals surface area contributed by atoms with Crippen LogP contribution in [0.25, 0.3) is 0 Å². The van der Waals surface area contributed by atoms with E-state index >= 15 is 0 Å². The maximum Gasteiger partial charge on any atom is 0.0278 e. The van der Waals surface area contributed by atoms with E-state index in [0.717, 1.165) is 11.3 Å². The molecule has 1 aliphatic carbocycles. The SMILES string of the molecule is CCC1(C)CN(C2CCCCC2SC)CCN1. The molecule has 1 aliphatic heterocycles. The molecule has 2 rings (SSSR count). The summed E-state index contributed by atoms with van der Waals surface area (Å²) in [5.41, 5.74) is 0.346. The van der Waals surface area contributed by atoms with E-state index in [0.29, 0.717) is 5.54 Å². The summed E-state index contributed by atoms with van der Waals surface area (Å²) in [7, 11) is 0. The van der Waals surface area contributed by atoms with Crippen LogP contribution in [0, 0.1) is 0 Å². The zero-order valence-electron chi connectivity index (χ0n) is 11.7. The Balaban J connectivity index is 2.00. The molecule has 100 valence electrons.